The van der Waals surface area contributed by atoms with Crippen LogP contribution in [0.4, 0.5) is 5.69 Å². The number of benzene rings is 3. The third-order valence-electron chi connectivity index (χ3n) is 6.72. The van der Waals surface area contributed by atoms with Crippen LogP contribution in [0.15, 0.2) is 60.7 Å². The van der Waals surface area contributed by atoms with Crippen molar-refractivity contribution in [2.24, 2.45) is 0 Å². The van der Waals surface area contributed by atoms with E-state index in [0.29, 0.717) is 0 Å². The maximum atomic E-state index is 6.49. The van der Waals surface area contributed by atoms with Gasteiger partial charge < -0.3 is 15.0 Å². The van der Waals surface area contributed by atoms with Gasteiger partial charge in [0.25, 0.3) is 0 Å². The molecule has 3 nitrogen and oxygen atoms in total. The molecule has 1 saturated heterocycles. The molecule has 29 heavy (non-hydrogen) atoms. The van der Waals surface area contributed by atoms with Gasteiger partial charge in [-0.1, -0.05) is 54.6 Å². The maximum Gasteiger partial charge on any atom is 0.494 e. The summed E-state index contributed by atoms with van der Waals surface area (Å²) in [6, 6.07) is 21.2. The Bertz CT molecular complexity index is 1100. The highest BCUT2D eigenvalue weighted by Gasteiger charge is 2.51. The molecule has 146 valence electrons. The predicted molar refractivity (Wildman–Crippen MR) is 120 cm³/mol. The van der Waals surface area contributed by atoms with Crippen molar-refractivity contribution in [1.29, 1.82) is 0 Å². The zero-order chi connectivity index (χ0) is 20.4. The van der Waals surface area contributed by atoms with Crippen LogP contribution < -0.4 is 11.2 Å². The minimum atomic E-state index is -0.380. The molecular formula is C25H26BNO2. The van der Waals surface area contributed by atoms with Gasteiger partial charge in [-0.3, -0.25) is 0 Å². The van der Waals surface area contributed by atoms with Gasteiger partial charge in [-0.25, -0.2) is 0 Å². The Kier molecular flexibility index (Phi) is 3.96. The molecule has 0 saturated carbocycles. The minimum absolute atomic E-state index is 0.359. The first-order chi connectivity index (χ1) is 13.8. The molecule has 0 amide bonds. The Balaban J connectivity index is 1.58. The van der Waals surface area contributed by atoms with E-state index < -0.39 is 0 Å². The van der Waals surface area contributed by atoms with Gasteiger partial charge in [0.2, 0.25) is 0 Å². The average molecular weight is 383 g/mol. The first-order valence-electron chi connectivity index (χ1n) is 10.2. The number of hydrogen-bond donors (Lipinski definition) is 1. The minimum Gasteiger partial charge on any atom is -0.399 e. The molecule has 4 heteroatoms. The third kappa shape index (κ3) is 2.82. The molecule has 0 bridgehead atoms. The Hall–Kier alpha value is -2.56. The highest BCUT2D eigenvalue weighted by atomic mass is 16.7. The van der Waals surface area contributed by atoms with E-state index in [4.69, 9.17) is 15.0 Å². The second-order valence-electron chi connectivity index (χ2n) is 9.10. The monoisotopic (exact) mass is 383 g/mol. The van der Waals surface area contributed by atoms with Gasteiger partial charge in [0.1, 0.15) is 0 Å². The summed E-state index contributed by atoms with van der Waals surface area (Å²) in [7, 11) is -0.380. The van der Waals surface area contributed by atoms with E-state index in [1.807, 2.05) is 6.07 Å². The van der Waals surface area contributed by atoms with Crippen molar-refractivity contribution in [1.82, 2.24) is 0 Å². The summed E-state index contributed by atoms with van der Waals surface area (Å²) in [5.74, 6) is 0. The van der Waals surface area contributed by atoms with E-state index in [2.05, 4.69) is 82.3 Å². The zero-order valence-corrected chi connectivity index (χ0v) is 17.5. The highest BCUT2D eigenvalue weighted by molar-refractivity contribution is 6.62. The van der Waals surface area contributed by atoms with Crippen LogP contribution in [0.3, 0.4) is 0 Å². The van der Waals surface area contributed by atoms with Gasteiger partial charge in [0.15, 0.2) is 0 Å². The molecule has 0 atom stereocenters. The molecule has 1 fully saturated rings. The first-order valence-corrected chi connectivity index (χ1v) is 10.2. The standard InChI is InChI=1S/C25H26BNO2/c1-24(2)25(3,4)29-26(28-24)18-10-7-9-17(14-18)23-21-15-16-8-5-6-11-19(16)20(21)12-13-22(23)27/h5-14H,15,27H2,1-4H3. The van der Waals surface area contributed by atoms with Crippen LogP contribution in [0.2, 0.25) is 0 Å². The van der Waals surface area contributed by atoms with E-state index in [1.54, 1.807) is 0 Å². The Morgan fingerprint density at radius 1 is 0.828 bits per heavy atom. The van der Waals surface area contributed by atoms with E-state index >= 15 is 0 Å². The smallest absolute Gasteiger partial charge is 0.399 e. The highest BCUT2D eigenvalue weighted by Crippen LogP contribution is 2.44. The van der Waals surface area contributed by atoms with Crippen LogP contribution in [0, 0.1) is 0 Å². The normalized spacial score (nSPS) is 18.6. The van der Waals surface area contributed by atoms with E-state index in [0.717, 1.165) is 28.7 Å². The molecule has 0 spiro atoms. The van der Waals surface area contributed by atoms with Crippen LogP contribution in [-0.2, 0) is 15.7 Å². The van der Waals surface area contributed by atoms with Gasteiger partial charge in [0.05, 0.1) is 11.2 Å². The predicted octanol–water partition coefficient (Wildman–Crippen LogP) is 4.81. The molecule has 1 aliphatic heterocycles. The lowest BCUT2D eigenvalue weighted by atomic mass is 9.77. The van der Waals surface area contributed by atoms with Crippen LogP contribution in [0.1, 0.15) is 38.8 Å². The van der Waals surface area contributed by atoms with Crippen molar-refractivity contribution in [2.45, 2.75) is 45.3 Å². The lowest BCUT2D eigenvalue weighted by Gasteiger charge is -2.32. The maximum absolute atomic E-state index is 6.49. The number of nitrogen functional groups attached to an aromatic ring is 1. The van der Waals surface area contributed by atoms with Gasteiger partial charge in [-0.2, -0.15) is 0 Å². The van der Waals surface area contributed by atoms with Crippen molar-refractivity contribution < 1.29 is 9.31 Å². The molecular weight excluding hydrogens is 357 g/mol. The topological polar surface area (TPSA) is 44.5 Å². The van der Waals surface area contributed by atoms with Crippen molar-refractivity contribution in [3.8, 4) is 22.3 Å². The Labute approximate surface area is 173 Å². The zero-order valence-electron chi connectivity index (χ0n) is 17.5. The summed E-state index contributed by atoms with van der Waals surface area (Å²) >= 11 is 0. The van der Waals surface area contributed by atoms with Crippen LogP contribution in [-0.4, -0.2) is 18.3 Å². The molecule has 1 aliphatic carbocycles. The quantitative estimate of drug-likeness (QED) is 0.399. The van der Waals surface area contributed by atoms with E-state index in [-0.39, 0.29) is 18.3 Å². The molecule has 0 aromatic heterocycles. The third-order valence-corrected chi connectivity index (χ3v) is 6.72. The molecule has 1 heterocycles. The molecule has 2 N–H and O–H groups in total. The van der Waals surface area contributed by atoms with E-state index in [1.165, 1.54) is 22.3 Å². The second-order valence-corrected chi connectivity index (χ2v) is 9.10. The fourth-order valence-corrected chi connectivity index (χ4v) is 4.39. The molecule has 3 aromatic carbocycles. The summed E-state index contributed by atoms with van der Waals surface area (Å²) in [6.45, 7) is 8.32. The van der Waals surface area contributed by atoms with Gasteiger partial charge >= 0.3 is 7.12 Å². The summed E-state index contributed by atoms with van der Waals surface area (Å²) in [5.41, 5.74) is 15.1. The van der Waals surface area contributed by atoms with Crippen LogP contribution >= 0.6 is 0 Å². The Morgan fingerprint density at radius 3 is 2.31 bits per heavy atom. The van der Waals surface area contributed by atoms with Crippen molar-refractivity contribution >= 4 is 18.3 Å². The summed E-state index contributed by atoms with van der Waals surface area (Å²) < 4.78 is 12.5. The van der Waals surface area contributed by atoms with Crippen molar-refractivity contribution in [3.05, 3.63) is 71.8 Å². The fraction of sp³-hybridized carbons (Fsp3) is 0.280. The molecule has 0 unspecified atom stereocenters. The lowest BCUT2D eigenvalue weighted by molar-refractivity contribution is 0.00578. The number of nitrogens with two attached hydrogens (primary N) is 1. The van der Waals surface area contributed by atoms with Crippen molar-refractivity contribution in [3.63, 3.8) is 0 Å². The average Bonchev–Trinajstić information content (AvgIpc) is 3.15. The van der Waals surface area contributed by atoms with Crippen LogP contribution in [0.25, 0.3) is 22.3 Å². The Morgan fingerprint density at radius 2 is 1.55 bits per heavy atom. The molecule has 2 aliphatic rings. The fourth-order valence-electron chi connectivity index (χ4n) is 4.39. The molecule has 0 radical (unpaired) electrons. The van der Waals surface area contributed by atoms with Gasteiger partial charge in [0, 0.05) is 11.3 Å². The summed E-state index contributed by atoms with van der Waals surface area (Å²) in [4.78, 5) is 0. The number of rotatable bonds is 2. The lowest BCUT2D eigenvalue weighted by Crippen LogP contribution is -2.41. The van der Waals surface area contributed by atoms with Crippen molar-refractivity contribution in [2.75, 3.05) is 5.73 Å². The van der Waals surface area contributed by atoms with Crippen LogP contribution in [0.5, 0.6) is 0 Å². The molecule has 3 aromatic rings. The number of hydrogen-bond acceptors (Lipinski definition) is 3. The van der Waals surface area contributed by atoms with Gasteiger partial charge in [-0.15, -0.1) is 0 Å². The number of anilines is 1. The summed E-state index contributed by atoms with van der Waals surface area (Å²) in [6.07, 6.45) is 0.909. The van der Waals surface area contributed by atoms with E-state index in [9.17, 15) is 0 Å². The van der Waals surface area contributed by atoms with Gasteiger partial charge in [-0.05, 0) is 73.5 Å². The summed E-state index contributed by atoms with van der Waals surface area (Å²) in [5, 5.41) is 0. The molecule has 5 rings (SSSR count). The first kappa shape index (κ1) is 18.5. The SMILES string of the molecule is CC1(C)OB(c2cccc(-c3c(N)ccc4c3Cc3ccccc3-4)c2)OC1(C)C. The largest absolute Gasteiger partial charge is 0.494 e. The number of fused-ring (bicyclic) bond motifs is 3. The second kappa shape index (κ2) is 6.22.